The summed E-state index contributed by atoms with van der Waals surface area (Å²) in [5.41, 5.74) is -0.729. The lowest BCUT2D eigenvalue weighted by Gasteiger charge is -2.16. The maximum atomic E-state index is 13.6. The molecule has 0 aliphatic rings. The Hall–Kier alpha value is -1.43. The molecule has 0 bridgehead atoms. The molecule has 21 heavy (non-hydrogen) atoms. The van der Waals surface area contributed by atoms with E-state index in [-0.39, 0.29) is 12.5 Å². The number of alkyl halides is 1. The van der Waals surface area contributed by atoms with Crippen molar-refractivity contribution in [2.24, 2.45) is 5.92 Å². The highest BCUT2D eigenvalue weighted by Crippen LogP contribution is 2.25. The first-order valence-electron chi connectivity index (χ1n) is 6.62. The fourth-order valence-corrected chi connectivity index (χ4v) is 2.31. The molecule has 1 rings (SSSR count). The number of carbonyl (C=O) groups excluding carboxylic acids is 1. The monoisotopic (exact) mass is 323 g/mol. The lowest BCUT2D eigenvalue weighted by Crippen LogP contribution is -2.30. The molecule has 0 heterocycles. The second kappa shape index (κ2) is 8.12. The quantitative estimate of drug-likeness (QED) is 0.595. The fraction of sp³-hybridized carbons (Fsp3) is 0.500. The number of hydrogen-bond acceptors (Lipinski definition) is 2. The van der Waals surface area contributed by atoms with E-state index in [4.69, 9.17) is 16.7 Å². The van der Waals surface area contributed by atoms with Gasteiger partial charge in [-0.15, -0.1) is 11.6 Å². The number of carbonyl (C=O) groups is 1. The van der Waals surface area contributed by atoms with Crippen LogP contribution in [0, 0.1) is 23.4 Å². The molecule has 2 N–H and O–H groups in total. The maximum Gasteiger partial charge on any atom is 0.254 e. The predicted molar refractivity (Wildman–Crippen MR) is 74.0 cm³/mol. The molecule has 1 unspecified atom stereocenters. The molecule has 0 aliphatic carbocycles. The third-order valence-corrected chi connectivity index (χ3v) is 3.36. The topological polar surface area (TPSA) is 49.3 Å². The fourth-order valence-electron chi connectivity index (χ4n) is 2.00. The average molecular weight is 324 g/mol. The molecule has 0 spiro atoms. The van der Waals surface area contributed by atoms with E-state index in [1.807, 2.05) is 6.92 Å². The Morgan fingerprint density at radius 1 is 1.33 bits per heavy atom. The third kappa shape index (κ3) is 4.52. The van der Waals surface area contributed by atoms with Gasteiger partial charge in [0.1, 0.15) is 0 Å². The molecule has 118 valence electrons. The van der Waals surface area contributed by atoms with Gasteiger partial charge in [-0.05, 0) is 24.8 Å². The second-order valence-corrected chi connectivity index (χ2v) is 5.10. The van der Waals surface area contributed by atoms with Crippen LogP contribution in [0.25, 0.3) is 0 Å². The van der Waals surface area contributed by atoms with Gasteiger partial charge in [0.15, 0.2) is 17.4 Å². The molecule has 0 fully saturated rings. The molecule has 0 aromatic heterocycles. The second-order valence-electron chi connectivity index (χ2n) is 4.72. The normalized spacial score (nSPS) is 12.2. The van der Waals surface area contributed by atoms with E-state index in [1.165, 1.54) is 0 Å². The van der Waals surface area contributed by atoms with Gasteiger partial charge in [-0.2, -0.15) is 4.39 Å². The smallest absolute Gasteiger partial charge is 0.254 e. The summed E-state index contributed by atoms with van der Waals surface area (Å²) in [5, 5.41) is 11.5. The van der Waals surface area contributed by atoms with E-state index in [0.717, 1.165) is 12.8 Å². The summed E-state index contributed by atoms with van der Waals surface area (Å²) in [5.74, 6) is -6.52. The Morgan fingerprint density at radius 2 is 2.00 bits per heavy atom. The van der Waals surface area contributed by atoms with Gasteiger partial charge in [0.25, 0.3) is 5.91 Å². The minimum Gasteiger partial charge on any atom is -0.503 e. The molecule has 1 amide bonds. The average Bonchev–Trinajstić information content (AvgIpc) is 2.46. The molecule has 0 saturated heterocycles. The number of phenols is 1. The number of amides is 1. The van der Waals surface area contributed by atoms with Crippen LogP contribution in [0.2, 0.25) is 0 Å². The molecule has 0 saturated carbocycles. The molecule has 7 heteroatoms. The summed E-state index contributed by atoms with van der Waals surface area (Å²) in [4.78, 5) is 11.8. The van der Waals surface area contributed by atoms with Crippen LogP contribution < -0.4 is 5.32 Å². The first kappa shape index (κ1) is 17.6. The maximum absolute atomic E-state index is 13.6. The largest absolute Gasteiger partial charge is 0.503 e. The van der Waals surface area contributed by atoms with Crippen LogP contribution in [0.3, 0.4) is 0 Å². The molecule has 0 radical (unpaired) electrons. The molecule has 1 aromatic carbocycles. The minimum absolute atomic E-state index is 0.124. The van der Waals surface area contributed by atoms with E-state index in [1.54, 1.807) is 0 Å². The van der Waals surface area contributed by atoms with Crippen molar-refractivity contribution in [2.45, 2.75) is 26.2 Å². The van der Waals surface area contributed by atoms with Crippen molar-refractivity contribution in [1.82, 2.24) is 5.32 Å². The summed E-state index contributed by atoms with van der Waals surface area (Å²) in [6.45, 7) is 2.23. The van der Waals surface area contributed by atoms with E-state index in [9.17, 15) is 18.0 Å². The highest BCUT2D eigenvalue weighted by atomic mass is 35.5. The molecule has 1 aromatic rings. The lowest BCUT2D eigenvalue weighted by atomic mass is 10.0. The zero-order chi connectivity index (χ0) is 16.0. The van der Waals surface area contributed by atoms with Crippen molar-refractivity contribution in [3.05, 3.63) is 29.1 Å². The molecule has 3 nitrogen and oxygen atoms in total. The van der Waals surface area contributed by atoms with Crippen molar-refractivity contribution in [3.63, 3.8) is 0 Å². The Labute approximate surface area is 126 Å². The molecular formula is C14H17ClF3NO2. The van der Waals surface area contributed by atoms with Gasteiger partial charge < -0.3 is 10.4 Å². The van der Waals surface area contributed by atoms with Crippen LogP contribution in [0.4, 0.5) is 13.2 Å². The number of nitrogens with one attached hydrogen (secondary N) is 1. The van der Waals surface area contributed by atoms with Gasteiger partial charge in [-0.1, -0.05) is 13.3 Å². The highest BCUT2D eigenvalue weighted by molar-refractivity contribution is 6.17. The number of rotatable bonds is 7. The zero-order valence-corrected chi connectivity index (χ0v) is 12.3. The number of phenolic OH excluding ortho intramolecular Hbond substituents is 1. The van der Waals surface area contributed by atoms with Crippen LogP contribution >= 0.6 is 11.6 Å². The van der Waals surface area contributed by atoms with Crippen LogP contribution in [0.5, 0.6) is 5.75 Å². The molecule has 0 aliphatic heterocycles. The van der Waals surface area contributed by atoms with Gasteiger partial charge in [-0.3, -0.25) is 4.79 Å². The Kier molecular flexibility index (Phi) is 6.81. The van der Waals surface area contributed by atoms with E-state index in [2.05, 4.69) is 5.32 Å². The van der Waals surface area contributed by atoms with E-state index in [0.29, 0.717) is 18.4 Å². The van der Waals surface area contributed by atoms with Crippen molar-refractivity contribution in [1.29, 1.82) is 0 Å². The zero-order valence-electron chi connectivity index (χ0n) is 11.6. The third-order valence-electron chi connectivity index (χ3n) is 3.14. The lowest BCUT2D eigenvalue weighted by molar-refractivity contribution is 0.0940. The van der Waals surface area contributed by atoms with Gasteiger partial charge >= 0.3 is 0 Å². The van der Waals surface area contributed by atoms with Gasteiger partial charge in [-0.25, -0.2) is 8.78 Å². The summed E-state index contributed by atoms with van der Waals surface area (Å²) < 4.78 is 39.6. The summed E-state index contributed by atoms with van der Waals surface area (Å²) in [6, 6.07) is 0.427. The highest BCUT2D eigenvalue weighted by Gasteiger charge is 2.22. The summed E-state index contributed by atoms with van der Waals surface area (Å²) >= 11 is 5.65. The number of benzene rings is 1. The standard InChI is InChI=1S/C14H17ClF3NO2/c1-2-3-8(4-5-15)7-19-14(21)9-6-10(16)12(18)13(20)11(9)17/h6,8,20H,2-5,7H2,1H3,(H,19,21). The first-order chi connectivity index (χ1) is 9.92. The van der Waals surface area contributed by atoms with Crippen LogP contribution in [0.15, 0.2) is 6.07 Å². The van der Waals surface area contributed by atoms with Crippen molar-refractivity contribution in [3.8, 4) is 5.75 Å². The number of aromatic hydroxyl groups is 1. The Balaban J connectivity index is 2.80. The van der Waals surface area contributed by atoms with Crippen LogP contribution in [0.1, 0.15) is 36.5 Å². The van der Waals surface area contributed by atoms with Crippen molar-refractivity contribution >= 4 is 17.5 Å². The van der Waals surface area contributed by atoms with Gasteiger partial charge in [0.05, 0.1) is 5.56 Å². The van der Waals surface area contributed by atoms with Gasteiger partial charge in [0, 0.05) is 12.4 Å². The molecule has 1 atom stereocenters. The van der Waals surface area contributed by atoms with E-state index >= 15 is 0 Å². The Bertz CT molecular complexity index is 505. The minimum atomic E-state index is -1.71. The summed E-state index contributed by atoms with van der Waals surface area (Å²) in [7, 11) is 0. The first-order valence-corrected chi connectivity index (χ1v) is 7.16. The van der Waals surface area contributed by atoms with E-state index < -0.39 is 34.7 Å². The van der Waals surface area contributed by atoms with Crippen molar-refractivity contribution < 1.29 is 23.1 Å². The predicted octanol–water partition coefficient (Wildman–Crippen LogP) is 3.58. The van der Waals surface area contributed by atoms with Crippen molar-refractivity contribution in [2.75, 3.05) is 12.4 Å². The van der Waals surface area contributed by atoms with Gasteiger partial charge in [0.2, 0.25) is 5.82 Å². The summed E-state index contributed by atoms with van der Waals surface area (Å²) in [6.07, 6.45) is 2.41. The SMILES string of the molecule is CCCC(CCCl)CNC(=O)c1cc(F)c(F)c(O)c1F. The van der Waals surface area contributed by atoms with Crippen LogP contribution in [-0.4, -0.2) is 23.4 Å². The molecular weight excluding hydrogens is 307 g/mol. The van der Waals surface area contributed by atoms with Crippen LogP contribution in [-0.2, 0) is 0 Å². The Morgan fingerprint density at radius 3 is 2.57 bits per heavy atom. The number of hydrogen-bond donors (Lipinski definition) is 2. The number of halogens is 4.